The van der Waals surface area contributed by atoms with E-state index in [1.807, 2.05) is 0 Å². The maximum Gasteiger partial charge on any atom is 0.305 e. The van der Waals surface area contributed by atoms with E-state index in [0.29, 0.717) is 24.8 Å². The molecular weight excluding hydrogens is 263 g/mol. The van der Waals surface area contributed by atoms with Crippen LogP contribution in [0.5, 0.6) is 0 Å². The fraction of sp³-hybridized carbons (Fsp3) is 0.571. The van der Waals surface area contributed by atoms with E-state index >= 15 is 0 Å². The number of halogens is 1. The molecule has 20 heavy (non-hydrogen) atoms. The molecule has 0 aromatic heterocycles. The highest BCUT2D eigenvalue weighted by Gasteiger charge is 2.36. The highest BCUT2D eigenvalue weighted by Crippen LogP contribution is 2.31. The minimum Gasteiger partial charge on any atom is -0.375 e. The molecule has 1 heterocycles. The topological polar surface area (TPSA) is 55.6 Å². The lowest BCUT2D eigenvalue weighted by atomic mass is 10.1. The molecule has 1 aliphatic carbocycles. The summed E-state index contributed by atoms with van der Waals surface area (Å²) in [6.07, 6.45) is 3.48. The van der Waals surface area contributed by atoms with Crippen LogP contribution >= 0.6 is 0 Å². The van der Waals surface area contributed by atoms with E-state index in [0.717, 1.165) is 25.8 Å². The largest absolute Gasteiger partial charge is 0.375 e. The molecule has 5 nitrogen and oxygen atoms in total. The van der Waals surface area contributed by atoms with Gasteiger partial charge in [0.1, 0.15) is 0 Å². The fourth-order valence-electron chi connectivity index (χ4n) is 3.25. The first-order valence-electron chi connectivity index (χ1n) is 6.94. The number of nitro groups is 1. The summed E-state index contributed by atoms with van der Waals surface area (Å²) in [5, 5.41) is 10.8. The molecule has 1 aromatic carbocycles. The Morgan fingerprint density at radius 1 is 1.45 bits per heavy atom. The van der Waals surface area contributed by atoms with Crippen LogP contribution in [0.4, 0.5) is 10.1 Å². The van der Waals surface area contributed by atoms with Crippen LogP contribution in [0.2, 0.25) is 0 Å². The number of nitro benzene ring substituents is 1. The third kappa shape index (κ3) is 2.41. The van der Waals surface area contributed by atoms with Gasteiger partial charge in [0.25, 0.3) is 0 Å². The Morgan fingerprint density at radius 3 is 3.10 bits per heavy atom. The van der Waals surface area contributed by atoms with Crippen molar-refractivity contribution in [3.8, 4) is 0 Å². The van der Waals surface area contributed by atoms with E-state index in [1.165, 1.54) is 6.07 Å². The molecule has 0 amide bonds. The van der Waals surface area contributed by atoms with Crippen LogP contribution in [-0.4, -0.2) is 35.1 Å². The molecule has 6 heteroatoms. The summed E-state index contributed by atoms with van der Waals surface area (Å²) in [7, 11) is 0. The standard InChI is InChI=1S/C14H17FN2O3/c15-14-10(3-1-5-12(14)17(18)19)9-16-7-8-20-13-6-2-4-11(13)16/h1,3,5,11,13H,2,4,6-9H2. The van der Waals surface area contributed by atoms with Crippen molar-refractivity contribution >= 4 is 5.69 Å². The lowest BCUT2D eigenvalue weighted by molar-refractivity contribution is -0.387. The van der Waals surface area contributed by atoms with Gasteiger partial charge >= 0.3 is 5.69 Å². The van der Waals surface area contributed by atoms with Gasteiger partial charge in [-0.05, 0) is 19.3 Å². The van der Waals surface area contributed by atoms with Crippen LogP contribution in [0.3, 0.4) is 0 Å². The van der Waals surface area contributed by atoms with Gasteiger partial charge in [0, 0.05) is 30.8 Å². The zero-order valence-corrected chi connectivity index (χ0v) is 11.1. The molecule has 0 N–H and O–H groups in total. The van der Waals surface area contributed by atoms with E-state index in [-0.39, 0.29) is 6.10 Å². The first-order chi connectivity index (χ1) is 9.66. The highest BCUT2D eigenvalue weighted by atomic mass is 19.1. The summed E-state index contributed by atoms with van der Waals surface area (Å²) in [6.45, 7) is 1.82. The Hall–Kier alpha value is -1.53. The Bertz CT molecular complexity index is 523. The maximum atomic E-state index is 14.1. The average Bonchev–Trinajstić information content (AvgIpc) is 2.90. The van der Waals surface area contributed by atoms with E-state index < -0.39 is 16.4 Å². The average molecular weight is 280 g/mol. The first-order valence-corrected chi connectivity index (χ1v) is 6.94. The normalized spacial score (nSPS) is 26.4. The molecule has 3 rings (SSSR count). The smallest absolute Gasteiger partial charge is 0.305 e. The number of ether oxygens (including phenoxy) is 1. The van der Waals surface area contributed by atoms with Gasteiger partial charge in [-0.25, -0.2) is 0 Å². The number of rotatable bonds is 3. The predicted octanol–water partition coefficient (Wildman–Crippen LogP) is 2.49. The quantitative estimate of drug-likeness (QED) is 0.630. The summed E-state index contributed by atoms with van der Waals surface area (Å²) >= 11 is 0. The van der Waals surface area contributed by atoms with Crippen molar-refractivity contribution in [3.05, 3.63) is 39.7 Å². The van der Waals surface area contributed by atoms with Gasteiger partial charge in [0.2, 0.25) is 5.82 Å². The predicted molar refractivity (Wildman–Crippen MR) is 70.8 cm³/mol. The molecule has 1 saturated heterocycles. The van der Waals surface area contributed by atoms with Crippen molar-refractivity contribution in [2.45, 2.75) is 38.0 Å². The van der Waals surface area contributed by atoms with Crippen molar-refractivity contribution in [1.82, 2.24) is 4.90 Å². The van der Waals surface area contributed by atoms with Crippen LogP contribution in [-0.2, 0) is 11.3 Å². The Labute approximate surface area is 116 Å². The number of hydrogen-bond donors (Lipinski definition) is 0. The molecule has 0 radical (unpaired) electrons. The Balaban J connectivity index is 1.80. The Morgan fingerprint density at radius 2 is 2.30 bits per heavy atom. The lowest BCUT2D eigenvalue weighted by Gasteiger charge is -2.37. The molecule has 1 aliphatic heterocycles. The zero-order chi connectivity index (χ0) is 14.1. The van der Waals surface area contributed by atoms with Crippen molar-refractivity contribution < 1.29 is 14.1 Å². The van der Waals surface area contributed by atoms with Crippen LogP contribution in [0, 0.1) is 15.9 Å². The number of fused-ring (bicyclic) bond motifs is 1. The van der Waals surface area contributed by atoms with Gasteiger partial charge in [-0.1, -0.05) is 12.1 Å². The summed E-state index contributed by atoms with van der Waals surface area (Å²) in [6, 6.07) is 4.70. The summed E-state index contributed by atoms with van der Waals surface area (Å²) in [5.41, 5.74) is -0.0505. The van der Waals surface area contributed by atoms with Crippen LogP contribution in [0.15, 0.2) is 18.2 Å². The van der Waals surface area contributed by atoms with E-state index in [2.05, 4.69) is 4.90 Å². The second kappa shape index (κ2) is 5.46. The van der Waals surface area contributed by atoms with Crippen LogP contribution in [0.25, 0.3) is 0 Å². The van der Waals surface area contributed by atoms with Gasteiger partial charge in [0.15, 0.2) is 0 Å². The van der Waals surface area contributed by atoms with Crippen LogP contribution < -0.4 is 0 Å². The monoisotopic (exact) mass is 280 g/mol. The molecular formula is C14H17FN2O3. The van der Waals surface area contributed by atoms with Gasteiger partial charge < -0.3 is 4.74 Å². The van der Waals surface area contributed by atoms with E-state index in [4.69, 9.17) is 4.74 Å². The van der Waals surface area contributed by atoms with Gasteiger partial charge in [-0.2, -0.15) is 4.39 Å². The number of morpholine rings is 1. The van der Waals surface area contributed by atoms with E-state index in [1.54, 1.807) is 12.1 Å². The second-order valence-corrected chi connectivity index (χ2v) is 5.39. The third-order valence-corrected chi connectivity index (χ3v) is 4.23. The van der Waals surface area contributed by atoms with Gasteiger partial charge in [-0.3, -0.25) is 15.0 Å². The molecule has 2 aliphatic rings. The number of benzene rings is 1. The molecule has 2 fully saturated rings. The van der Waals surface area contributed by atoms with Crippen molar-refractivity contribution in [3.63, 3.8) is 0 Å². The van der Waals surface area contributed by atoms with Gasteiger partial charge in [-0.15, -0.1) is 0 Å². The van der Waals surface area contributed by atoms with Crippen molar-refractivity contribution in [2.24, 2.45) is 0 Å². The summed E-state index contributed by atoms with van der Waals surface area (Å²) < 4.78 is 19.8. The molecule has 1 saturated carbocycles. The van der Waals surface area contributed by atoms with Crippen LogP contribution in [0.1, 0.15) is 24.8 Å². The van der Waals surface area contributed by atoms with Gasteiger partial charge in [0.05, 0.1) is 17.6 Å². The van der Waals surface area contributed by atoms with Crippen molar-refractivity contribution in [1.29, 1.82) is 0 Å². The summed E-state index contributed by atoms with van der Waals surface area (Å²) in [4.78, 5) is 12.3. The van der Waals surface area contributed by atoms with Crippen molar-refractivity contribution in [2.75, 3.05) is 13.2 Å². The molecule has 0 spiro atoms. The SMILES string of the molecule is O=[N+]([O-])c1cccc(CN2CCOC3CCCC32)c1F. The second-order valence-electron chi connectivity index (χ2n) is 5.39. The molecule has 0 bridgehead atoms. The highest BCUT2D eigenvalue weighted by molar-refractivity contribution is 5.36. The maximum absolute atomic E-state index is 14.1. The number of nitrogens with zero attached hydrogens (tertiary/aromatic N) is 2. The minimum absolute atomic E-state index is 0.241. The minimum atomic E-state index is -0.710. The van der Waals surface area contributed by atoms with E-state index in [9.17, 15) is 14.5 Å². The Kier molecular flexibility index (Phi) is 3.67. The molecule has 2 atom stereocenters. The summed E-state index contributed by atoms with van der Waals surface area (Å²) in [5.74, 6) is -0.710. The third-order valence-electron chi connectivity index (χ3n) is 4.23. The zero-order valence-electron chi connectivity index (χ0n) is 11.1. The molecule has 2 unspecified atom stereocenters. The first kappa shape index (κ1) is 13.5. The molecule has 108 valence electrons. The molecule has 1 aromatic rings. The lowest BCUT2D eigenvalue weighted by Crippen LogP contribution is -2.47. The fourth-order valence-corrected chi connectivity index (χ4v) is 3.25. The number of hydrogen-bond acceptors (Lipinski definition) is 4.